The Kier molecular flexibility index (Phi) is 4.42. The summed E-state index contributed by atoms with van der Waals surface area (Å²) in [6, 6.07) is 15.1. The maximum Gasteiger partial charge on any atom is 0.264 e. The third kappa shape index (κ3) is 3.51. The van der Waals surface area contributed by atoms with Crippen molar-refractivity contribution >= 4 is 11.6 Å². The smallest absolute Gasteiger partial charge is 0.264 e. The minimum atomic E-state index is -0.284. The van der Waals surface area contributed by atoms with E-state index in [1.165, 1.54) is 17.0 Å². The van der Waals surface area contributed by atoms with Crippen LogP contribution in [-0.4, -0.2) is 24.7 Å². The number of phenolic OH excluding ortho intramolecular Hbond substituents is 1. The minimum absolute atomic E-state index is 0.0860. The molecule has 0 aliphatic heterocycles. The number of amides is 1. The van der Waals surface area contributed by atoms with Crippen molar-refractivity contribution in [3.8, 4) is 17.6 Å². The van der Waals surface area contributed by atoms with Gasteiger partial charge in [0.15, 0.2) is 6.61 Å². The highest BCUT2D eigenvalue weighted by Crippen LogP contribution is 2.20. The van der Waals surface area contributed by atoms with Gasteiger partial charge >= 0.3 is 0 Å². The van der Waals surface area contributed by atoms with Crippen LogP contribution in [0.15, 0.2) is 48.5 Å². The molecule has 0 saturated heterocycles. The molecule has 2 aromatic rings. The number of carbonyl (C=O) groups excluding carboxylic acids is 1. The van der Waals surface area contributed by atoms with Crippen LogP contribution in [-0.2, 0) is 4.79 Å². The van der Waals surface area contributed by atoms with Gasteiger partial charge in [-0.2, -0.15) is 5.26 Å². The Hall–Kier alpha value is -3.00. The minimum Gasteiger partial charge on any atom is -0.508 e. The van der Waals surface area contributed by atoms with Gasteiger partial charge in [0, 0.05) is 18.8 Å². The van der Waals surface area contributed by atoms with Crippen LogP contribution in [0.5, 0.6) is 11.5 Å². The van der Waals surface area contributed by atoms with Crippen molar-refractivity contribution in [2.45, 2.75) is 0 Å². The van der Waals surface area contributed by atoms with Crippen molar-refractivity contribution in [3.63, 3.8) is 0 Å². The molecule has 21 heavy (non-hydrogen) atoms. The quantitative estimate of drug-likeness (QED) is 0.933. The van der Waals surface area contributed by atoms with Gasteiger partial charge < -0.3 is 14.7 Å². The van der Waals surface area contributed by atoms with Crippen LogP contribution in [0, 0.1) is 11.3 Å². The third-order valence-corrected chi connectivity index (χ3v) is 2.95. The summed E-state index contributed by atoms with van der Waals surface area (Å²) in [5, 5.41) is 18.4. The maximum absolute atomic E-state index is 12.1. The zero-order chi connectivity index (χ0) is 15.2. The lowest BCUT2D eigenvalue weighted by molar-refractivity contribution is -0.120. The number of carbonyl (C=O) groups is 1. The lowest BCUT2D eigenvalue weighted by Gasteiger charge is -2.18. The van der Waals surface area contributed by atoms with Gasteiger partial charge in [0.1, 0.15) is 17.6 Å². The standard InChI is InChI=1S/C16H14N2O3/c1-18(13-6-4-7-14(19)9-13)16(20)11-21-15-8-3-2-5-12(15)10-17/h2-9,19H,11H2,1H3. The van der Waals surface area contributed by atoms with Crippen LogP contribution < -0.4 is 9.64 Å². The summed E-state index contributed by atoms with van der Waals surface area (Å²) in [6.07, 6.45) is 0. The van der Waals surface area contributed by atoms with Gasteiger partial charge in [-0.3, -0.25) is 4.79 Å². The summed E-state index contributed by atoms with van der Waals surface area (Å²) < 4.78 is 5.39. The molecule has 1 amide bonds. The fourth-order valence-corrected chi connectivity index (χ4v) is 1.77. The van der Waals surface area contributed by atoms with Crippen LogP contribution in [0.2, 0.25) is 0 Å². The largest absolute Gasteiger partial charge is 0.508 e. The number of anilines is 1. The number of phenols is 1. The number of hydrogen-bond acceptors (Lipinski definition) is 4. The Morgan fingerprint density at radius 1 is 1.29 bits per heavy atom. The molecule has 2 aromatic carbocycles. The Morgan fingerprint density at radius 2 is 2.05 bits per heavy atom. The number of likely N-dealkylation sites (N-methyl/N-ethyl adjacent to an activating group) is 1. The molecule has 0 saturated carbocycles. The fourth-order valence-electron chi connectivity index (χ4n) is 1.77. The molecule has 0 fully saturated rings. The van der Waals surface area contributed by atoms with E-state index in [9.17, 15) is 9.90 Å². The van der Waals surface area contributed by atoms with E-state index >= 15 is 0 Å². The molecule has 0 radical (unpaired) electrons. The first-order valence-electron chi connectivity index (χ1n) is 6.29. The van der Waals surface area contributed by atoms with Gasteiger partial charge in [0.05, 0.1) is 5.56 Å². The highest BCUT2D eigenvalue weighted by molar-refractivity contribution is 5.94. The molecule has 2 rings (SSSR count). The van der Waals surface area contributed by atoms with Gasteiger partial charge in [-0.05, 0) is 24.3 Å². The Bertz CT molecular complexity index is 692. The molecule has 0 atom stereocenters. The number of para-hydroxylation sites is 1. The van der Waals surface area contributed by atoms with E-state index < -0.39 is 0 Å². The molecule has 0 aliphatic rings. The average molecular weight is 282 g/mol. The highest BCUT2D eigenvalue weighted by Gasteiger charge is 2.13. The molecule has 0 bridgehead atoms. The maximum atomic E-state index is 12.1. The Balaban J connectivity index is 2.03. The zero-order valence-corrected chi connectivity index (χ0v) is 11.5. The fraction of sp³-hybridized carbons (Fsp3) is 0.125. The second kappa shape index (κ2) is 6.44. The van der Waals surface area contributed by atoms with Crippen molar-refractivity contribution < 1.29 is 14.6 Å². The van der Waals surface area contributed by atoms with Gasteiger partial charge in [-0.15, -0.1) is 0 Å². The molecule has 0 aromatic heterocycles. The monoisotopic (exact) mass is 282 g/mol. The molecule has 0 spiro atoms. The van der Waals surface area contributed by atoms with E-state index in [2.05, 4.69) is 0 Å². The molecule has 0 heterocycles. The number of benzene rings is 2. The number of aromatic hydroxyl groups is 1. The molecule has 0 aliphatic carbocycles. The van der Waals surface area contributed by atoms with E-state index in [4.69, 9.17) is 10.00 Å². The Morgan fingerprint density at radius 3 is 2.76 bits per heavy atom. The summed E-state index contributed by atoms with van der Waals surface area (Å²) in [4.78, 5) is 13.4. The SMILES string of the molecule is CN(C(=O)COc1ccccc1C#N)c1cccc(O)c1. The lowest BCUT2D eigenvalue weighted by Crippen LogP contribution is -2.31. The summed E-state index contributed by atoms with van der Waals surface area (Å²) in [5.41, 5.74) is 0.947. The van der Waals surface area contributed by atoms with Crippen molar-refractivity contribution in [1.29, 1.82) is 5.26 Å². The number of nitrogens with zero attached hydrogens (tertiary/aromatic N) is 2. The summed E-state index contributed by atoms with van der Waals surface area (Å²) in [6.45, 7) is -0.190. The zero-order valence-electron chi connectivity index (χ0n) is 11.5. The van der Waals surface area contributed by atoms with E-state index in [1.807, 2.05) is 6.07 Å². The van der Waals surface area contributed by atoms with Gasteiger partial charge in [0.25, 0.3) is 5.91 Å². The number of nitriles is 1. The van der Waals surface area contributed by atoms with Crippen LogP contribution in [0.3, 0.4) is 0 Å². The van der Waals surface area contributed by atoms with Gasteiger partial charge in [-0.25, -0.2) is 0 Å². The molecule has 5 nitrogen and oxygen atoms in total. The summed E-state index contributed by atoms with van der Waals surface area (Å²) in [7, 11) is 1.59. The predicted octanol–water partition coefficient (Wildman–Crippen LogP) is 2.31. The van der Waals surface area contributed by atoms with Crippen molar-refractivity contribution in [1.82, 2.24) is 0 Å². The van der Waals surface area contributed by atoms with Crippen LogP contribution in [0.25, 0.3) is 0 Å². The lowest BCUT2D eigenvalue weighted by atomic mass is 10.2. The second-order valence-electron chi connectivity index (χ2n) is 4.37. The molecular weight excluding hydrogens is 268 g/mol. The van der Waals surface area contributed by atoms with E-state index in [0.717, 1.165) is 0 Å². The average Bonchev–Trinajstić information content (AvgIpc) is 2.52. The number of hydrogen-bond donors (Lipinski definition) is 1. The molecule has 5 heteroatoms. The first kappa shape index (κ1) is 14.4. The number of ether oxygens (including phenoxy) is 1. The van der Waals surface area contributed by atoms with E-state index in [0.29, 0.717) is 17.0 Å². The summed E-state index contributed by atoms with van der Waals surface area (Å²) in [5.74, 6) is 0.175. The predicted molar refractivity (Wildman–Crippen MR) is 78.2 cm³/mol. The van der Waals surface area contributed by atoms with E-state index in [1.54, 1.807) is 43.4 Å². The topological polar surface area (TPSA) is 73.6 Å². The first-order chi connectivity index (χ1) is 10.1. The molecular formula is C16H14N2O3. The number of rotatable bonds is 4. The Labute approximate surface area is 122 Å². The highest BCUT2D eigenvalue weighted by atomic mass is 16.5. The normalized spacial score (nSPS) is 9.71. The van der Waals surface area contributed by atoms with Crippen LogP contribution in [0.1, 0.15) is 5.56 Å². The molecule has 106 valence electrons. The van der Waals surface area contributed by atoms with Crippen LogP contribution >= 0.6 is 0 Å². The first-order valence-corrected chi connectivity index (χ1v) is 6.29. The van der Waals surface area contributed by atoms with Crippen molar-refractivity contribution in [3.05, 3.63) is 54.1 Å². The van der Waals surface area contributed by atoms with E-state index in [-0.39, 0.29) is 18.3 Å². The molecule has 0 unspecified atom stereocenters. The van der Waals surface area contributed by atoms with Crippen molar-refractivity contribution in [2.75, 3.05) is 18.6 Å². The van der Waals surface area contributed by atoms with Gasteiger partial charge in [0.2, 0.25) is 0 Å². The van der Waals surface area contributed by atoms with Gasteiger partial charge in [-0.1, -0.05) is 18.2 Å². The third-order valence-electron chi connectivity index (χ3n) is 2.95. The van der Waals surface area contributed by atoms with Crippen molar-refractivity contribution in [2.24, 2.45) is 0 Å². The second-order valence-corrected chi connectivity index (χ2v) is 4.37. The summed E-state index contributed by atoms with van der Waals surface area (Å²) >= 11 is 0. The molecule has 1 N–H and O–H groups in total. The van der Waals surface area contributed by atoms with Crippen LogP contribution in [0.4, 0.5) is 5.69 Å².